The lowest BCUT2D eigenvalue weighted by atomic mass is 9.43. The quantitative estimate of drug-likeness (QED) is 0.611. The largest absolute Gasteiger partial charge is 0.390 e. The number of fused-ring (bicyclic) bond motifs is 6. The highest BCUT2D eigenvalue weighted by molar-refractivity contribution is 5.32. The van der Waals surface area contributed by atoms with Crippen LogP contribution in [0.2, 0.25) is 0 Å². The molecule has 5 heteroatoms. The molecule has 0 unspecified atom stereocenters. The Bertz CT molecular complexity index is 811. The van der Waals surface area contributed by atoms with Gasteiger partial charge in [0.05, 0.1) is 12.2 Å². The van der Waals surface area contributed by atoms with Gasteiger partial charge in [0.2, 0.25) is 5.95 Å². The third-order valence-electron chi connectivity index (χ3n) is 9.10. The molecule has 4 aliphatic rings. The summed E-state index contributed by atoms with van der Waals surface area (Å²) < 4.78 is 0. The van der Waals surface area contributed by atoms with Crippen LogP contribution in [-0.4, -0.2) is 32.4 Å². The number of nitrogen functional groups attached to an aromatic ring is 1. The van der Waals surface area contributed by atoms with Crippen molar-refractivity contribution in [2.75, 3.05) is 5.73 Å². The van der Waals surface area contributed by atoms with Gasteiger partial charge < -0.3 is 15.9 Å². The van der Waals surface area contributed by atoms with Crippen LogP contribution in [-0.2, 0) is 12.8 Å². The van der Waals surface area contributed by atoms with Gasteiger partial charge in [0.25, 0.3) is 0 Å². The van der Waals surface area contributed by atoms with Crippen molar-refractivity contribution < 1.29 is 10.2 Å². The van der Waals surface area contributed by atoms with E-state index in [9.17, 15) is 10.2 Å². The van der Waals surface area contributed by atoms with Crippen molar-refractivity contribution in [3.05, 3.63) is 29.6 Å². The molecule has 3 fully saturated rings. The van der Waals surface area contributed by atoms with Gasteiger partial charge in [0, 0.05) is 11.9 Å². The van der Waals surface area contributed by atoms with Gasteiger partial charge in [-0.3, -0.25) is 0 Å². The molecule has 5 nitrogen and oxygen atoms in total. The van der Waals surface area contributed by atoms with Gasteiger partial charge in [-0.2, -0.15) is 0 Å². The number of hydrogen-bond donors (Lipinski definition) is 3. The summed E-state index contributed by atoms with van der Waals surface area (Å²) in [6.45, 7) is 9.02. The number of nitrogens with two attached hydrogens (primary N) is 1. The fourth-order valence-electron chi connectivity index (χ4n) is 7.50. The summed E-state index contributed by atoms with van der Waals surface area (Å²) in [4.78, 5) is 8.65. The van der Waals surface area contributed by atoms with Crippen LogP contribution in [0, 0.1) is 34.5 Å². The van der Waals surface area contributed by atoms with Crippen LogP contribution >= 0.6 is 0 Å². The van der Waals surface area contributed by atoms with Crippen LogP contribution in [0.4, 0.5) is 5.95 Å². The minimum Gasteiger partial charge on any atom is -0.390 e. The Kier molecular flexibility index (Phi) is 3.62. The Morgan fingerprint density at radius 3 is 2.70 bits per heavy atom. The average molecular weight is 370 g/mol. The van der Waals surface area contributed by atoms with E-state index in [1.165, 1.54) is 5.57 Å². The molecule has 0 amide bonds. The number of nitrogens with zero attached hydrogens (tertiary/aromatic N) is 2. The Hall–Kier alpha value is -1.46. The Morgan fingerprint density at radius 2 is 1.93 bits per heavy atom. The number of aliphatic hydroxyl groups excluding tert-OH is 2. The van der Waals surface area contributed by atoms with Crippen LogP contribution in [0.5, 0.6) is 0 Å². The van der Waals surface area contributed by atoms with Gasteiger partial charge in [-0.15, -0.1) is 0 Å². The highest BCUT2D eigenvalue weighted by atomic mass is 16.3. The lowest BCUT2D eigenvalue weighted by Gasteiger charge is -2.62. The highest BCUT2D eigenvalue weighted by Crippen LogP contribution is 2.66. The number of allylic oxidation sites excluding steroid dienone is 1. The molecule has 0 radical (unpaired) electrons. The maximum atomic E-state index is 11.2. The second-order valence-electron chi connectivity index (χ2n) is 10.1. The van der Waals surface area contributed by atoms with Crippen molar-refractivity contribution in [1.29, 1.82) is 0 Å². The number of anilines is 1. The van der Waals surface area contributed by atoms with Crippen LogP contribution in [0.25, 0.3) is 0 Å². The second-order valence-corrected chi connectivity index (χ2v) is 10.1. The first kappa shape index (κ1) is 17.6. The van der Waals surface area contributed by atoms with Gasteiger partial charge >= 0.3 is 0 Å². The molecule has 0 aliphatic heterocycles. The normalized spacial score (nSPS) is 48.4. The third kappa shape index (κ3) is 2.18. The van der Waals surface area contributed by atoms with E-state index in [1.54, 1.807) is 0 Å². The maximum Gasteiger partial charge on any atom is 0.220 e. The Morgan fingerprint density at radius 1 is 1.15 bits per heavy atom. The Balaban J connectivity index is 1.58. The molecule has 4 N–H and O–H groups in total. The van der Waals surface area contributed by atoms with Crippen LogP contribution in [0.15, 0.2) is 18.3 Å². The molecule has 0 aromatic carbocycles. The van der Waals surface area contributed by atoms with E-state index in [0.717, 1.165) is 43.4 Å². The lowest BCUT2D eigenvalue weighted by molar-refractivity contribution is -0.201. The van der Waals surface area contributed by atoms with Crippen molar-refractivity contribution in [3.63, 3.8) is 0 Å². The molecule has 146 valence electrons. The van der Waals surface area contributed by atoms with Crippen LogP contribution in [0.1, 0.15) is 50.8 Å². The molecule has 0 spiro atoms. The summed E-state index contributed by atoms with van der Waals surface area (Å²) in [5, 5.41) is 22.4. The first-order chi connectivity index (χ1) is 12.8. The summed E-state index contributed by atoms with van der Waals surface area (Å²) in [6.07, 6.45) is 6.43. The summed E-state index contributed by atoms with van der Waals surface area (Å²) in [5.41, 5.74) is 9.33. The van der Waals surface area contributed by atoms with E-state index in [-0.39, 0.29) is 22.7 Å². The fourth-order valence-corrected chi connectivity index (χ4v) is 7.50. The van der Waals surface area contributed by atoms with E-state index in [0.29, 0.717) is 24.2 Å². The smallest absolute Gasteiger partial charge is 0.220 e. The average Bonchev–Trinajstić information content (AvgIpc) is 2.94. The topological polar surface area (TPSA) is 92.3 Å². The molecule has 4 aliphatic carbocycles. The minimum absolute atomic E-state index is 0.0181. The molecule has 1 aromatic heterocycles. The van der Waals surface area contributed by atoms with Crippen molar-refractivity contribution in [2.24, 2.45) is 34.5 Å². The predicted octanol–water partition coefficient (Wildman–Crippen LogP) is 2.51. The van der Waals surface area contributed by atoms with Gasteiger partial charge in [-0.25, -0.2) is 9.97 Å². The molecule has 1 heterocycles. The monoisotopic (exact) mass is 369 g/mol. The van der Waals surface area contributed by atoms with Gasteiger partial charge in [-0.05, 0) is 78.6 Å². The summed E-state index contributed by atoms with van der Waals surface area (Å²) in [5.74, 6) is 1.30. The summed E-state index contributed by atoms with van der Waals surface area (Å²) in [6, 6.07) is 0. The second kappa shape index (κ2) is 5.54. The van der Waals surface area contributed by atoms with Crippen LogP contribution < -0.4 is 5.73 Å². The van der Waals surface area contributed by atoms with Gasteiger partial charge in [0.1, 0.15) is 0 Å². The first-order valence-corrected chi connectivity index (χ1v) is 10.4. The lowest BCUT2D eigenvalue weighted by Crippen LogP contribution is -2.64. The van der Waals surface area contributed by atoms with Crippen LogP contribution in [0.3, 0.4) is 0 Å². The molecule has 27 heavy (non-hydrogen) atoms. The number of aromatic nitrogens is 2. The van der Waals surface area contributed by atoms with Crippen molar-refractivity contribution in [3.8, 4) is 0 Å². The first-order valence-electron chi connectivity index (χ1n) is 10.4. The van der Waals surface area contributed by atoms with E-state index >= 15 is 0 Å². The SMILES string of the molecule is C=C1CC[C@H]2[C@@H]3[C@@H](O)[C@H](O)[C@H]4Cc5nc(N)ncc5C[C@]4(C)[C@H]3CC[C@]12C. The fraction of sp³-hybridized carbons (Fsp3) is 0.727. The van der Waals surface area contributed by atoms with Crippen molar-refractivity contribution in [2.45, 2.75) is 64.6 Å². The van der Waals surface area contributed by atoms with Crippen molar-refractivity contribution in [1.82, 2.24) is 9.97 Å². The van der Waals surface area contributed by atoms with Crippen molar-refractivity contribution >= 4 is 5.95 Å². The number of aliphatic hydroxyl groups is 2. The molecule has 1 aromatic rings. The Labute approximate surface area is 161 Å². The summed E-state index contributed by atoms with van der Waals surface area (Å²) >= 11 is 0. The predicted molar refractivity (Wildman–Crippen MR) is 104 cm³/mol. The molecule has 0 saturated heterocycles. The zero-order chi connectivity index (χ0) is 19.1. The zero-order valence-corrected chi connectivity index (χ0v) is 16.4. The minimum atomic E-state index is -0.711. The van der Waals surface area contributed by atoms with Gasteiger partial charge in [-0.1, -0.05) is 26.0 Å². The van der Waals surface area contributed by atoms with E-state index in [1.807, 2.05) is 6.20 Å². The summed E-state index contributed by atoms with van der Waals surface area (Å²) in [7, 11) is 0. The highest BCUT2D eigenvalue weighted by Gasteiger charge is 2.64. The maximum absolute atomic E-state index is 11.2. The van der Waals surface area contributed by atoms with E-state index < -0.39 is 12.2 Å². The molecular formula is C22H31N3O2. The van der Waals surface area contributed by atoms with E-state index in [4.69, 9.17) is 5.73 Å². The molecule has 5 rings (SSSR count). The standard InChI is InChI=1S/C22H31N3O2/c1-11-4-5-13-17-14(6-7-21(11,13)2)22(3)9-12-10-24-20(23)25-16(12)8-15(22)18(26)19(17)27/h10,13-15,17-19,26-27H,1,4-9H2,2-3H3,(H2,23,24,25)/t13-,14-,15+,17-,18+,19+,21+,22+/m0/s1. The third-order valence-corrected chi connectivity index (χ3v) is 9.10. The molecular weight excluding hydrogens is 338 g/mol. The molecule has 0 bridgehead atoms. The number of rotatable bonds is 0. The van der Waals surface area contributed by atoms with E-state index in [2.05, 4.69) is 30.4 Å². The number of hydrogen-bond acceptors (Lipinski definition) is 5. The molecule has 3 saturated carbocycles. The van der Waals surface area contributed by atoms with Gasteiger partial charge in [0.15, 0.2) is 0 Å². The molecule has 8 atom stereocenters. The zero-order valence-electron chi connectivity index (χ0n) is 16.4.